The normalized spacial score (nSPS) is 14.0. The molecule has 0 aliphatic heterocycles. The Morgan fingerprint density at radius 3 is 2.35 bits per heavy atom. The van der Waals surface area contributed by atoms with Gasteiger partial charge in [0, 0.05) is 6.42 Å². The number of aryl methyl sites for hydroxylation is 1. The van der Waals surface area contributed by atoms with E-state index < -0.39 is 0 Å². The first-order valence-corrected chi connectivity index (χ1v) is 6.17. The van der Waals surface area contributed by atoms with Gasteiger partial charge in [0.2, 0.25) is 0 Å². The van der Waals surface area contributed by atoms with Gasteiger partial charge in [0.1, 0.15) is 0 Å². The molecule has 0 fully saturated rings. The summed E-state index contributed by atoms with van der Waals surface area (Å²) in [4.78, 5) is 0. The van der Waals surface area contributed by atoms with Gasteiger partial charge >= 0.3 is 0 Å². The van der Waals surface area contributed by atoms with Crippen LogP contribution in [0.4, 0.5) is 0 Å². The monoisotopic (exact) mass is 240 g/mol. The maximum absolute atomic E-state index is 6.46. The van der Waals surface area contributed by atoms with E-state index in [-0.39, 0.29) is 0 Å². The van der Waals surface area contributed by atoms with E-state index in [1.807, 2.05) is 6.07 Å². The largest absolute Gasteiger partial charge is 0.0833 e. The highest BCUT2D eigenvalue weighted by Gasteiger charge is 2.20. The van der Waals surface area contributed by atoms with Crippen molar-refractivity contribution >= 4 is 22.2 Å². The van der Waals surface area contributed by atoms with Crippen molar-refractivity contribution in [1.29, 1.82) is 0 Å². The maximum Gasteiger partial charge on any atom is 0.0522 e. The molecule has 0 radical (unpaired) electrons. The van der Waals surface area contributed by atoms with E-state index in [1.165, 1.54) is 27.8 Å². The van der Waals surface area contributed by atoms with Gasteiger partial charge in [0.05, 0.1) is 5.03 Å². The molecule has 1 heteroatoms. The summed E-state index contributed by atoms with van der Waals surface area (Å²) in [6.07, 6.45) is 0.943. The zero-order valence-electron chi connectivity index (χ0n) is 9.70. The summed E-state index contributed by atoms with van der Waals surface area (Å²) in [5.74, 6) is 0. The van der Waals surface area contributed by atoms with Crippen molar-refractivity contribution in [2.75, 3.05) is 0 Å². The molecule has 0 saturated carbocycles. The van der Waals surface area contributed by atoms with Gasteiger partial charge in [0.15, 0.2) is 0 Å². The van der Waals surface area contributed by atoms with E-state index in [2.05, 4.69) is 49.4 Å². The number of halogens is 1. The lowest BCUT2D eigenvalue weighted by molar-refractivity contribution is 1.31. The van der Waals surface area contributed by atoms with Crippen LogP contribution in [-0.4, -0.2) is 0 Å². The first-order valence-electron chi connectivity index (χ1n) is 5.79. The molecule has 0 bridgehead atoms. The van der Waals surface area contributed by atoms with Gasteiger partial charge in [-0.15, -0.1) is 0 Å². The second kappa shape index (κ2) is 4.05. The average molecular weight is 241 g/mol. The van der Waals surface area contributed by atoms with Gasteiger partial charge < -0.3 is 0 Å². The molecule has 17 heavy (non-hydrogen) atoms. The van der Waals surface area contributed by atoms with Crippen LogP contribution < -0.4 is 0 Å². The zero-order valence-corrected chi connectivity index (χ0v) is 10.5. The van der Waals surface area contributed by atoms with Crippen molar-refractivity contribution < 1.29 is 0 Å². The van der Waals surface area contributed by atoms with Crippen LogP contribution in [-0.2, 0) is 6.42 Å². The predicted octanol–water partition coefficient (Wildman–Crippen LogP) is 4.66. The fraction of sp³-hybridized carbons (Fsp3) is 0.125. The third kappa shape index (κ3) is 1.79. The Kier molecular flexibility index (Phi) is 2.53. The fourth-order valence-corrected chi connectivity index (χ4v) is 2.66. The number of benzene rings is 2. The van der Waals surface area contributed by atoms with Crippen molar-refractivity contribution in [2.24, 2.45) is 0 Å². The van der Waals surface area contributed by atoms with Crippen LogP contribution in [0, 0.1) is 6.92 Å². The van der Waals surface area contributed by atoms with E-state index >= 15 is 0 Å². The van der Waals surface area contributed by atoms with Crippen molar-refractivity contribution in [3.8, 4) is 0 Å². The Balaban J connectivity index is 2.08. The molecule has 0 heterocycles. The summed E-state index contributed by atoms with van der Waals surface area (Å²) in [5, 5.41) is 0.907. The average Bonchev–Trinajstić information content (AvgIpc) is 2.69. The Hall–Kier alpha value is -1.53. The maximum atomic E-state index is 6.46. The first-order chi connectivity index (χ1) is 8.25. The fourth-order valence-electron chi connectivity index (χ4n) is 2.30. The molecule has 0 amide bonds. The zero-order chi connectivity index (χ0) is 11.8. The van der Waals surface area contributed by atoms with Crippen molar-refractivity contribution in [3.05, 3.63) is 70.8 Å². The summed E-state index contributed by atoms with van der Waals surface area (Å²) in [6, 6.07) is 16.9. The van der Waals surface area contributed by atoms with Gasteiger partial charge in [-0.3, -0.25) is 0 Å². The molecule has 0 N–H and O–H groups in total. The van der Waals surface area contributed by atoms with Crippen LogP contribution >= 0.6 is 11.6 Å². The molecule has 0 nitrogen and oxygen atoms in total. The van der Waals surface area contributed by atoms with Crippen LogP contribution in [0.5, 0.6) is 0 Å². The molecular weight excluding hydrogens is 228 g/mol. The molecule has 3 rings (SSSR count). The SMILES string of the molecule is Cc1ccc(C2=C(Cl)c3ccccc3C2)cc1. The van der Waals surface area contributed by atoms with Gasteiger partial charge in [-0.1, -0.05) is 65.7 Å². The molecule has 0 saturated heterocycles. The Labute approximate surface area is 107 Å². The van der Waals surface area contributed by atoms with E-state index in [4.69, 9.17) is 11.6 Å². The van der Waals surface area contributed by atoms with Gasteiger partial charge in [-0.25, -0.2) is 0 Å². The van der Waals surface area contributed by atoms with Gasteiger partial charge in [0.25, 0.3) is 0 Å². The molecule has 2 aromatic rings. The van der Waals surface area contributed by atoms with E-state index in [9.17, 15) is 0 Å². The van der Waals surface area contributed by atoms with E-state index in [1.54, 1.807) is 0 Å². The standard InChI is InChI=1S/C16H13Cl/c1-11-6-8-12(9-7-11)15-10-13-4-2-3-5-14(13)16(15)17/h2-9H,10H2,1H3. The molecule has 0 aromatic heterocycles. The summed E-state index contributed by atoms with van der Waals surface area (Å²) in [7, 11) is 0. The minimum atomic E-state index is 0.907. The van der Waals surface area contributed by atoms with Crippen LogP contribution in [0.3, 0.4) is 0 Å². The molecular formula is C16H13Cl. The summed E-state index contributed by atoms with van der Waals surface area (Å²) in [5.41, 5.74) is 6.27. The first kappa shape index (κ1) is 10.6. The lowest BCUT2D eigenvalue weighted by Gasteiger charge is -2.03. The molecule has 1 aliphatic carbocycles. The molecule has 0 atom stereocenters. The highest BCUT2D eigenvalue weighted by Crippen LogP contribution is 2.40. The second-order valence-electron chi connectivity index (χ2n) is 4.49. The highest BCUT2D eigenvalue weighted by molar-refractivity contribution is 6.53. The predicted molar refractivity (Wildman–Crippen MR) is 74.0 cm³/mol. The van der Waals surface area contributed by atoms with E-state index in [0.29, 0.717) is 0 Å². The lowest BCUT2D eigenvalue weighted by atomic mass is 10.0. The second-order valence-corrected chi connectivity index (χ2v) is 4.87. The smallest absolute Gasteiger partial charge is 0.0522 e. The third-order valence-electron chi connectivity index (χ3n) is 3.29. The summed E-state index contributed by atoms with van der Waals surface area (Å²) >= 11 is 6.46. The molecule has 84 valence electrons. The third-order valence-corrected chi connectivity index (χ3v) is 3.72. The Morgan fingerprint density at radius 2 is 1.65 bits per heavy atom. The van der Waals surface area contributed by atoms with Crippen molar-refractivity contribution in [1.82, 2.24) is 0 Å². The van der Waals surface area contributed by atoms with E-state index in [0.717, 1.165) is 11.5 Å². The number of hydrogen-bond donors (Lipinski definition) is 0. The van der Waals surface area contributed by atoms with Crippen molar-refractivity contribution in [2.45, 2.75) is 13.3 Å². The minimum absolute atomic E-state index is 0.907. The lowest BCUT2D eigenvalue weighted by Crippen LogP contribution is -1.85. The molecule has 2 aromatic carbocycles. The molecule has 0 unspecified atom stereocenters. The van der Waals surface area contributed by atoms with Crippen molar-refractivity contribution in [3.63, 3.8) is 0 Å². The van der Waals surface area contributed by atoms with Gasteiger partial charge in [-0.2, -0.15) is 0 Å². The topological polar surface area (TPSA) is 0 Å². The van der Waals surface area contributed by atoms with Crippen LogP contribution in [0.15, 0.2) is 48.5 Å². The quantitative estimate of drug-likeness (QED) is 0.680. The van der Waals surface area contributed by atoms with Crippen LogP contribution in [0.25, 0.3) is 10.6 Å². The number of allylic oxidation sites excluding steroid dienone is 1. The van der Waals surface area contributed by atoms with Crippen LogP contribution in [0.2, 0.25) is 0 Å². The Bertz CT molecular complexity index is 591. The Morgan fingerprint density at radius 1 is 0.941 bits per heavy atom. The molecule has 0 spiro atoms. The van der Waals surface area contributed by atoms with Crippen LogP contribution in [0.1, 0.15) is 22.3 Å². The van der Waals surface area contributed by atoms with Gasteiger partial charge in [-0.05, 0) is 29.2 Å². The minimum Gasteiger partial charge on any atom is -0.0833 e. The summed E-state index contributed by atoms with van der Waals surface area (Å²) < 4.78 is 0. The number of fused-ring (bicyclic) bond motifs is 1. The molecule has 1 aliphatic rings. The number of rotatable bonds is 1. The highest BCUT2D eigenvalue weighted by atomic mass is 35.5. The summed E-state index contributed by atoms with van der Waals surface area (Å²) in [6.45, 7) is 2.10. The number of hydrogen-bond acceptors (Lipinski definition) is 0.